The zero-order valence-electron chi connectivity index (χ0n) is 10.2. The van der Waals surface area contributed by atoms with Gasteiger partial charge >= 0.3 is 5.97 Å². The predicted molar refractivity (Wildman–Crippen MR) is 61.7 cm³/mol. The molecule has 0 bridgehead atoms. The summed E-state index contributed by atoms with van der Waals surface area (Å²) in [4.78, 5) is 22.7. The molecule has 6 nitrogen and oxygen atoms in total. The second-order valence-electron chi connectivity index (χ2n) is 4.17. The Bertz CT molecular complexity index is 412. The number of rotatable bonds is 5. The van der Waals surface area contributed by atoms with E-state index in [0.29, 0.717) is 0 Å². The zero-order valence-corrected chi connectivity index (χ0v) is 10.2. The molecule has 6 heteroatoms. The van der Waals surface area contributed by atoms with Gasteiger partial charge in [-0.05, 0) is 18.4 Å². The van der Waals surface area contributed by atoms with Gasteiger partial charge in [-0.1, -0.05) is 20.8 Å². The van der Waals surface area contributed by atoms with Crippen molar-refractivity contribution >= 4 is 11.9 Å². The van der Waals surface area contributed by atoms with Crippen LogP contribution >= 0.6 is 0 Å². The van der Waals surface area contributed by atoms with Crippen LogP contribution in [0.15, 0.2) is 6.07 Å². The van der Waals surface area contributed by atoms with Gasteiger partial charge < -0.3 is 10.4 Å². The van der Waals surface area contributed by atoms with Gasteiger partial charge in [-0.3, -0.25) is 9.89 Å². The highest BCUT2D eigenvalue weighted by molar-refractivity contribution is 5.95. The Morgan fingerprint density at radius 1 is 1.53 bits per heavy atom. The molecule has 0 aliphatic heterocycles. The number of amides is 1. The summed E-state index contributed by atoms with van der Waals surface area (Å²) in [6.45, 7) is 5.41. The van der Waals surface area contributed by atoms with Crippen LogP contribution in [0, 0.1) is 5.92 Å². The normalized spacial score (nSPS) is 12.5. The van der Waals surface area contributed by atoms with Crippen molar-refractivity contribution in [1.82, 2.24) is 15.5 Å². The second-order valence-corrected chi connectivity index (χ2v) is 4.17. The first-order chi connectivity index (χ1) is 7.95. The average Bonchev–Trinajstić information content (AvgIpc) is 2.73. The summed E-state index contributed by atoms with van der Waals surface area (Å²) in [5, 5.41) is 17.9. The van der Waals surface area contributed by atoms with Crippen molar-refractivity contribution in [1.29, 1.82) is 0 Å². The Morgan fingerprint density at radius 2 is 2.18 bits per heavy atom. The summed E-state index contributed by atoms with van der Waals surface area (Å²) in [5.41, 5.74) is 1.06. The fourth-order valence-corrected chi connectivity index (χ4v) is 1.39. The minimum absolute atomic E-state index is 0.180. The van der Waals surface area contributed by atoms with Crippen LogP contribution < -0.4 is 5.32 Å². The van der Waals surface area contributed by atoms with Crippen molar-refractivity contribution in [2.24, 2.45) is 5.92 Å². The van der Waals surface area contributed by atoms with Crippen LogP contribution in [-0.2, 0) is 11.2 Å². The number of H-pyrrole nitrogens is 1. The van der Waals surface area contributed by atoms with Crippen LogP contribution in [0.4, 0.5) is 0 Å². The van der Waals surface area contributed by atoms with E-state index in [1.54, 1.807) is 19.9 Å². The number of hydrogen-bond acceptors (Lipinski definition) is 3. The van der Waals surface area contributed by atoms with Crippen LogP contribution in [-0.4, -0.2) is 33.2 Å². The van der Waals surface area contributed by atoms with Gasteiger partial charge in [-0.15, -0.1) is 0 Å². The molecule has 1 amide bonds. The lowest BCUT2D eigenvalue weighted by molar-refractivity contribution is -0.140. The first-order valence-electron chi connectivity index (χ1n) is 5.53. The van der Waals surface area contributed by atoms with Gasteiger partial charge in [0.15, 0.2) is 0 Å². The smallest absolute Gasteiger partial charge is 0.326 e. The number of carbonyl (C=O) groups excluding carboxylic acids is 1. The maximum absolute atomic E-state index is 11.7. The summed E-state index contributed by atoms with van der Waals surface area (Å²) in [6, 6.07) is 0.721. The van der Waals surface area contributed by atoms with Crippen LogP contribution in [0.25, 0.3) is 0 Å². The van der Waals surface area contributed by atoms with E-state index in [1.165, 1.54) is 0 Å². The molecule has 0 fully saturated rings. The summed E-state index contributed by atoms with van der Waals surface area (Å²) >= 11 is 0. The highest BCUT2D eigenvalue weighted by atomic mass is 16.4. The maximum atomic E-state index is 11.7. The molecule has 0 spiro atoms. The molecule has 0 aliphatic rings. The zero-order chi connectivity index (χ0) is 13.0. The molecular formula is C11H17N3O3. The monoisotopic (exact) mass is 239 g/mol. The molecule has 0 aliphatic carbocycles. The molecule has 17 heavy (non-hydrogen) atoms. The molecular weight excluding hydrogens is 222 g/mol. The number of nitrogens with zero attached hydrogens (tertiary/aromatic N) is 1. The van der Waals surface area contributed by atoms with E-state index in [1.807, 2.05) is 6.92 Å². The standard InChI is InChI=1S/C11H17N3O3/c1-4-7-5-8(14-13-7)10(15)12-9(6(2)3)11(16)17/h5-6,9H,4H2,1-3H3,(H,12,15)(H,13,14)(H,16,17)/t9-/m0/s1. The van der Waals surface area contributed by atoms with E-state index in [9.17, 15) is 9.59 Å². The topological polar surface area (TPSA) is 95.1 Å². The van der Waals surface area contributed by atoms with E-state index in [2.05, 4.69) is 15.5 Å². The number of aliphatic carboxylic acids is 1. The Labute approximate surface area is 99.4 Å². The Balaban J connectivity index is 2.73. The van der Waals surface area contributed by atoms with Crippen LogP contribution in [0.3, 0.4) is 0 Å². The number of aromatic amines is 1. The lowest BCUT2D eigenvalue weighted by atomic mass is 10.0. The molecule has 1 atom stereocenters. The highest BCUT2D eigenvalue weighted by Crippen LogP contribution is 2.05. The third-order valence-corrected chi connectivity index (χ3v) is 2.46. The molecule has 1 aromatic rings. The van der Waals surface area contributed by atoms with E-state index in [4.69, 9.17) is 5.11 Å². The van der Waals surface area contributed by atoms with Crippen LogP contribution in [0.5, 0.6) is 0 Å². The average molecular weight is 239 g/mol. The third-order valence-electron chi connectivity index (χ3n) is 2.46. The highest BCUT2D eigenvalue weighted by Gasteiger charge is 2.24. The van der Waals surface area contributed by atoms with Crippen molar-refractivity contribution in [2.75, 3.05) is 0 Å². The number of hydrogen-bond donors (Lipinski definition) is 3. The summed E-state index contributed by atoms with van der Waals surface area (Å²) < 4.78 is 0. The number of carboxylic acid groups (broad SMARTS) is 1. The van der Waals surface area contributed by atoms with Gasteiger partial charge in [0.2, 0.25) is 0 Å². The SMILES string of the molecule is CCc1cc(C(=O)N[C@H](C(=O)O)C(C)C)n[nH]1. The molecule has 0 saturated carbocycles. The molecule has 1 aromatic heterocycles. The van der Waals surface area contributed by atoms with Crippen molar-refractivity contribution in [3.05, 3.63) is 17.5 Å². The van der Waals surface area contributed by atoms with Gasteiger partial charge in [-0.25, -0.2) is 4.79 Å². The van der Waals surface area contributed by atoms with Gasteiger partial charge in [0, 0.05) is 5.69 Å². The molecule has 3 N–H and O–H groups in total. The Kier molecular flexibility index (Phi) is 4.25. The quantitative estimate of drug-likeness (QED) is 0.708. The molecule has 0 unspecified atom stereocenters. The first kappa shape index (κ1) is 13.2. The second kappa shape index (κ2) is 5.47. The van der Waals surface area contributed by atoms with Gasteiger partial charge in [0.05, 0.1) is 0 Å². The Hall–Kier alpha value is -1.85. The largest absolute Gasteiger partial charge is 0.480 e. The van der Waals surface area contributed by atoms with Crippen LogP contribution in [0.1, 0.15) is 37.0 Å². The number of aromatic nitrogens is 2. The van der Waals surface area contributed by atoms with Crippen molar-refractivity contribution in [2.45, 2.75) is 33.2 Å². The van der Waals surface area contributed by atoms with E-state index >= 15 is 0 Å². The van der Waals surface area contributed by atoms with Crippen molar-refractivity contribution in [3.63, 3.8) is 0 Å². The minimum atomic E-state index is -1.04. The van der Waals surface area contributed by atoms with Gasteiger partial charge in [0.1, 0.15) is 11.7 Å². The van der Waals surface area contributed by atoms with E-state index < -0.39 is 17.9 Å². The number of nitrogens with one attached hydrogen (secondary N) is 2. The number of aryl methyl sites for hydroxylation is 1. The maximum Gasteiger partial charge on any atom is 0.326 e. The molecule has 1 rings (SSSR count). The third kappa shape index (κ3) is 3.30. The van der Waals surface area contributed by atoms with E-state index in [-0.39, 0.29) is 11.6 Å². The minimum Gasteiger partial charge on any atom is -0.480 e. The number of carboxylic acids is 1. The molecule has 0 saturated heterocycles. The van der Waals surface area contributed by atoms with Crippen molar-refractivity contribution in [3.8, 4) is 0 Å². The van der Waals surface area contributed by atoms with Crippen LogP contribution in [0.2, 0.25) is 0 Å². The van der Waals surface area contributed by atoms with Gasteiger partial charge in [-0.2, -0.15) is 5.10 Å². The molecule has 1 heterocycles. The fraction of sp³-hybridized carbons (Fsp3) is 0.545. The first-order valence-corrected chi connectivity index (χ1v) is 5.53. The predicted octanol–water partition coefficient (Wildman–Crippen LogP) is 0.811. The van der Waals surface area contributed by atoms with E-state index in [0.717, 1.165) is 12.1 Å². The molecule has 0 radical (unpaired) electrons. The Morgan fingerprint density at radius 3 is 2.59 bits per heavy atom. The summed E-state index contributed by atoms with van der Waals surface area (Å²) in [6.07, 6.45) is 0.743. The molecule has 0 aromatic carbocycles. The molecule has 94 valence electrons. The lowest BCUT2D eigenvalue weighted by Crippen LogP contribution is -2.44. The summed E-state index contributed by atoms with van der Waals surface area (Å²) in [7, 11) is 0. The van der Waals surface area contributed by atoms with Crippen molar-refractivity contribution < 1.29 is 14.7 Å². The summed E-state index contributed by atoms with van der Waals surface area (Å²) in [5.74, 6) is -1.69. The fourth-order valence-electron chi connectivity index (χ4n) is 1.39. The number of carbonyl (C=O) groups is 2. The van der Waals surface area contributed by atoms with Gasteiger partial charge in [0.25, 0.3) is 5.91 Å². The lowest BCUT2D eigenvalue weighted by Gasteiger charge is -2.16.